The molecule has 1 aliphatic carbocycles. The number of carbonyl (C=O) groups excluding carboxylic acids is 2. The van der Waals surface area contributed by atoms with Gasteiger partial charge in [-0.2, -0.15) is 5.10 Å². The van der Waals surface area contributed by atoms with E-state index in [1.54, 1.807) is 4.90 Å². The van der Waals surface area contributed by atoms with Crippen molar-refractivity contribution >= 4 is 12.0 Å². The number of hydrogen-bond acceptors (Lipinski definition) is 6. The maximum absolute atomic E-state index is 13.2. The van der Waals surface area contributed by atoms with Gasteiger partial charge in [-0.1, -0.05) is 12.1 Å². The minimum Gasteiger partial charge on any atom is -0.493 e. The van der Waals surface area contributed by atoms with Gasteiger partial charge >= 0.3 is 6.09 Å². The molecule has 3 aliphatic rings. The summed E-state index contributed by atoms with van der Waals surface area (Å²) in [6.45, 7) is 8.30. The van der Waals surface area contributed by atoms with Gasteiger partial charge < -0.3 is 19.3 Å². The molecule has 2 fully saturated rings. The third-order valence-electron chi connectivity index (χ3n) is 7.78. The van der Waals surface area contributed by atoms with Crippen LogP contribution >= 0.6 is 0 Å². The van der Waals surface area contributed by atoms with Crippen LogP contribution in [0.3, 0.4) is 0 Å². The predicted octanol–water partition coefficient (Wildman–Crippen LogP) is 3.49. The van der Waals surface area contributed by atoms with E-state index in [4.69, 9.17) is 9.47 Å². The maximum atomic E-state index is 13.2. The van der Waals surface area contributed by atoms with Crippen LogP contribution in [0.15, 0.2) is 24.3 Å². The summed E-state index contributed by atoms with van der Waals surface area (Å²) < 4.78 is 11.2. The van der Waals surface area contributed by atoms with Gasteiger partial charge in [0.2, 0.25) is 0 Å². The van der Waals surface area contributed by atoms with Gasteiger partial charge in [-0.05, 0) is 63.1 Å². The highest BCUT2D eigenvalue weighted by Crippen LogP contribution is 2.26. The molecule has 1 aromatic heterocycles. The summed E-state index contributed by atoms with van der Waals surface area (Å²) in [5.74, 6) is 1.25. The fourth-order valence-corrected chi connectivity index (χ4v) is 5.66. The van der Waals surface area contributed by atoms with Gasteiger partial charge in [-0.25, -0.2) is 4.79 Å². The quantitative estimate of drug-likeness (QED) is 0.615. The predicted molar refractivity (Wildman–Crippen MR) is 140 cm³/mol. The highest BCUT2D eigenvalue weighted by Gasteiger charge is 2.29. The highest BCUT2D eigenvalue weighted by molar-refractivity contribution is 5.94. The second-order valence-electron chi connectivity index (χ2n) is 10.4. The molecule has 1 atom stereocenters. The van der Waals surface area contributed by atoms with Crippen LogP contribution in [-0.2, 0) is 24.1 Å². The lowest BCUT2D eigenvalue weighted by molar-refractivity contribution is 0.0626. The zero-order chi connectivity index (χ0) is 25.6. The molecule has 1 aromatic carbocycles. The van der Waals surface area contributed by atoms with E-state index in [0.29, 0.717) is 37.9 Å². The maximum Gasteiger partial charge on any atom is 0.409 e. The van der Waals surface area contributed by atoms with Crippen LogP contribution in [0, 0.1) is 5.92 Å². The molecular formula is C28H39N5O4. The van der Waals surface area contributed by atoms with Gasteiger partial charge in [0.15, 0.2) is 5.69 Å². The third-order valence-corrected chi connectivity index (χ3v) is 7.78. The lowest BCUT2D eigenvalue weighted by Gasteiger charge is -2.34. The van der Waals surface area contributed by atoms with E-state index < -0.39 is 0 Å². The Labute approximate surface area is 219 Å². The standard InChI is InChI=1S/C28H39N5O4/c1-2-36-28(35)32-16-14-31(15-17-32)18-21-9-11-23(12-10-21)37-20-22-6-5-13-33(19-22)27(34)26-24-7-3-4-8-25(24)29-30-26/h9-12,22H,2-8,13-20H2,1H3,(H,29,30)/t22-/m0/s1. The molecular weight excluding hydrogens is 470 g/mol. The number of piperidine rings is 1. The highest BCUT2D eigenvalue weighted by atomic mass is 16.6. The van der Waals surface area contributed by atoms with E-state index in [-0.39, 0.29) is 12.0 Å². The van der Waals surface area contributed by atoms with Crippen molar-refractivity contribution in [2.24, 2.45) is 5.92 Å². The summed E-state index contributed by atoms with van der Waals surface area (Å²) in [6.07, 6.45) is 6.10. The number of nitrogens with one attached hydrogen (secondary N) is 1. The number of aryl methyl sites for hydroxylation is 1. The monoisotopic (exact) mass is 509 g/mol. The zero-order valence-corrected chi connectivity index (χ0v) is 21.9. The fourth-order valence-electron chi connectivity index (χ4n) is 5.66. The number of amides is 2. The molecule has 3 heterocycles. The second kappa shape index (κ2) is 12.0. The Kier molecular flexibility index (Phi) is 8.28. The van der Waals surface area contributed by atoms with E-state index in [2.05, 4.69) is 27.2 Å². The van der Waals surface area contributed by atoms with Gasteiger partial charge in [0.1, 0.15) is 5.75 Å². The average Bonchev–Trinajstić information content (AvgIpc) is 3.37. The molecule has 0 spiro atoms. The molecule has 0 unspecified atom stereocenters. The zero-order valence-electron chi connectivity index (χ0n) is 21.9. The van der Waals surface area contributed by atoms with Gasteiger partial charge in [0, 0.05) is 63.0 Å². The Morgan fingerprint density at radius 1 is 1.00 bits per heavy atom. The van der Waals surface area contributed by atoms with E-state index in [1.165, 1.54) is 12.0 Å². The Balaban J connectivity index is 1.07. The number of aromatic amines is 1. The van der Waals surface area contributed by atoms with Gasteiger partial charge in [0.05, 0.1) is 13.2 Å². The number of piperazine rings is 1. The molecule has 9 nitrogen and oxygen atoms in total. The minimum absolute atomic E-state index is 0.0662. The van der Waals surface area contributed by atoms with Crippen LogP contribution < -0.4 is 4.74 Å². The van der Waals surface area contributed by atoms with Crippen LogP contribution in [0.1, 0.15) is 59.9 Å². The minimum atomic E-state index is -0.214. The van der Waals surface area contributed by atoms with Gasteiger partial charge in [-0.3, -0.25) is 14.8 Å². The first-order chi connectivity index (χ1) is 18.1. The van der Waals surface area contributed by atoms with Crippen molar-refractivity contribution in [2.45, 2.75) is 52.0 Å². The van der Waals surface area contributed by atoms with E-state index >= 15 is 0 Å². The van der Waals surface area contributed by atoms with E-state index in [1.807, 2.05) is 24.0 Å². The van der Waals surface area contributed by atoms with Crippen molar-refractivity contribution in [1.82, 2.24) is 24.9 Å². The number of likely N-dealkylation sites (tertiary alicyclic amines) is 1. The van der Waals surface area contributed by atoms with Crippen molar-refractivity contribution in [3.8, 4) is 5.75 Å². The molecule has 0 bridgehead atoms. The number of rotatable bonds is 7. The van der Waals surface area contributed by atoms with Crippen molar-refractivity contribution in [2.75, 3.05) is 52.5 Å². The average molecular weight is 510 g/mol. The lowest BCUT2D eigenvalue weighted by atomic mass is 9.94. The van der Waals surface area contributed by atoms with Crippen LogP contribution in [0.25, 0.3) is 0 Å². The Morgan fingerprint density at radius 3 is 2.57 bits per heavy atom. The normalized spacial score (nSPS) is 20.4. The topological polar surface area (TPSA) is 91.0 Å². The molecule has 2 saturated heterocycles. The first-order valence-corrected chi connectivity index (χ1v) is 13.8. The summed E-state index contributed by atoms with van der Waals surface area (Å²) in [6, 6.07) is 8.30. The number of aromatic nitrogens is 2. The van der Waals surface area contributed by atoms with E-state index in [0.717, 1.165) is 81.8 Å². The molecule has 1 N–H and O–H groups in total. The molecule has 37 heavy (non-hydrogen) atoms. The first-order valence-electron chi connectivity index (χ1n) is 13.8. The lowest BCUT2D eigenvalue weighted by Crippen LogP contribution is -2.48. The molecule has 0 saturated carbocycles. The Morgan fingerprint density at radius 2 is 1.78 bits per heavy atom. The SMILES string of the molecule is CCOC(=O)N1CCN(Cc2ccc(OC[C@H]3CCCN(C(=O)c4n[nH]c5c4CCCC5)C3)cc2)CC1. The molecule has 200 valence electrons. The number of H-pyrrole nitrogens is 1. The number of ether oxygens (including phenoxy) is 2. The van der Waals surface area contributed by atoms with Gasteiger partial charge in [0.25, 0.3) is 5.91 Å². The summed E-state index contributed by atoms with van der Waals surface area (Å²) in [5.41, 5.74) is 4.15. The molecule has 5 rings (SSSR count). The van der Waals surface area contributed by atoms with E-state index in [9.17, 15) is 9.59 Å². The van der Waals surface area contributed by atoms with Crippen molar-refractivity contribution in [3.05, 3.63) is 46.8 Å². The van der Waals surface area contributed by atoms with Crippen LogP contribution in [-0.4, -0.2) is 89.4 Å². The van der Waals surface area contributed by atoms with Crippen LogP contribution in [0.2, 0.25) is 0 Å². The summed E-state index contributed by atoms with van der Waals surface area (Å²) >= 11 is 0. The van der Waals surface area contributed by atoms with Gasteiger partial charge in [-0.15, -0.1) is 0 Å². The molecule has 2 aliphatic heterocycles. The van der Waals surface area contributed by atoms with Crippen molar-refractivity contribution in [3.63, 3.8) is 0 Å². The number of carbonyl (C=O) groups is 2. The Bertz CT molecular complexity index is 1060. The molecule has 2 amide bonds. The van der Waals surface area contributed by atoms with Crippen LogP contribution in [0.4, 0.5) is 4.79 Å². The summed E-state index contributed by atoms with van der Waals surface area (Å²) in [4.78, 5) is 31.2. The number of fused-ring (bicyclic) bond motifs is 1. The smallest absolute Gasteiger partial charge is 0.409 e. The first kappa shape index (κ1) is 25.6. The second-order valence-corrected chi connectivity index (χ2v) is 10.4. The Hall–Kier alpha value is -3.07. The number of benzene rings is 1. The number of hydrogen-bond donors (Lipinski definition) is 1. The fraction of sp³-hybridized carbons (Fsp3) is 0.607. The molecule has 9 heteroatoms. The summed E-state index contributed by atoms with van der Waals surface area (Å²) in [5, 5.41) is 7.49. The third kappa shape index (κ3) is 6.26. The molecule has 0 radical (unpaired) electrons. The van der Waals surface area contributed by atoms with Crippen molar-refractivity contribution < 1.29 is 19.1 Å². The van der Waals surface area contributed by atoms with Crippen LogP contribution in [0.5, 0.6) is 5.75 Å². The molecule has 2 aromatic rings. The number of nitrogens with zero attached hydrogens (tertiary/aromatic N) is 4. The van der Waals surface area contributed by atoms with Crippen molar-refractivity contribution in [1.29, 1.82) is 0 Å². The summed E-state index contributed by atoms with van der Waals surface area (Å²) in [7, 11) is 0. The largest absolute Gasteiger partial charge is 0.493 e.